The van der Waals surface area contributed by atoms with Crippen LogP contribution in [-0.4, -0.2) is 28.3 Å². The monoisotopic (exact) mass is 188 g/mol. The minimum Gasteiger partial charge on any atom is -0.475 e. The Hall–Kier alpha value is -2.12. The molecule has 0 atom stereocenters. The largest absolute Gasteiger partial charge is 0.475 e. The normalized spacial score (nSPS) is 9.62. The third-order valence-electron chi connectivity index (χ3n) is 1.21. The molecule has 0 fully saturated rings. The molecule has 1 aromatic heterocycles. The van der Waals surface area contributed by atoms with Crippen molar-refractivity contribution in [3.8, 4) is 5.88 Å². The zero-order chi connectivity index (χ0) is 10.0. The van der Waals surface area contributed by atoms with Crippen molar-refractivity contribution >= 4 is 11.7 Å². The van der Waals surface area contributed by atoms with E-state index in [-0.39, 0.29) is 0 Å². The van der Waals surface area contributed by atoms with Gasteiger partial charge in [-0.3, -0.25) is 10.1 Å². The van der Waals surface area contributed by atoms with Gasteiger partial charge in [0.05, 0.1) is 12.0 Å². The molecule has 0 aromatic carbocycles. The van der Waals surface area contributed by atoms with E-state index < -0.39 is 28.2 Å². The smallest absolute Gasteiger partial charge is 0.386 e. The molecule has 0 aliphatic rings. The van der Waals surface area contributed by atoms with Crippen LogP contribution in [-0.2, 0) is 0 Å². The molecule has 70 valence electrons. The lowest BCUT2D eigenvalue weighted by molar-refractivity contribution is -0.386. The first-order valence-corrected chi connectivity index (χ1v) is 2.99. The van der Waals surface area contributed by atoms with Crippen LogP contribution in [0, 0.1) is 10.1 Å². The zero-order valence-corrected chi connectivity index (χ0v) is 6.38. The number of rotatable bonds is 3. The average molecular weight is 188 g/mol. The number of ether oxygens (including phenoxy) is 1. The van der Waals surface area contributed by atoms with E-state index in [9.17, 15) is 14.9 Å². The van der Waals surface area contributed by atoms with Crippen LogP contribution in [0.5, 0.6) is 5.88 Å². The van der Waals surface area contributed by atoms with Gasteiger partial charge >= 0.3 is 23.3 Å². The number of hydrogen-bond donors (Lipinski definition) is 1. The van der Waals surface area contributed by atoms with Gasteiger partial charge in [0.15, 0.2) is 0 Å². The molecular weight excluding hydrogens is 184 g/mol. The van der Waals surface area contributed by atoms with Crippen LogP contribution < -0.4 is 4.74 Å². The van der Waals surface area contributed by atoms with Crippen molar-refractivity contribution in [1.29, 1.82) is 0 Å². The number of carboxylic acids is 1. The van der Waals surface area contributed by atoms with Crippen LogP contribution in [0.4, 0.5) is 5.69 Å². The van der Waals surface area contributed by atoms with Crippen LogP contribution in [0.1, 0.15) is 10.6 Å². The Morgan fingerprint density at radius 1 is 1.77 bits per heavy atom. The van der Waals surface area contributed by atoms with Crippen molar-refractivity contribution in [2.75, 3.05) is 7.11 Å². The molecule has 0 saturated heterocycles. The summed E-state index contributed by atoms with van der Waals surface area (Å²) in [5.41, 5.74) is -0.782. The number of carbonyl (C=O) groups is 1. The maximum absolute atomic E-state index is 10.4. The Labute approximate surface area is 70.8 Å². The Kier molecular flexibility index (Phi) is 2.13. The van der Waals surface area contributed by atoms with Crippen LogP contribution >= 0.6 is 0 Å². The topological polar surface area (TPSA) is 116 Å². The van der Waals surface area contributed by atoms with E-state index in [1.807, 2.05) is 0 Å². The van der Waals surface area contributed by atoms with Crippen LogP contribution in [0.2, 0.25) is 0 Å². The highest BCUT2D eigenvalue weighted by Gasteiger charge is 2.32. The Bertz CT molecular complexity index is 356. The Morgan fingerprint density at radius 3 is 2.77 bits per heavy atom. The lowest BCUT2D eigenvalue weighted by Gasteiger charge is -1.89. The summed E-state index contributed by atoms with van der Waals surface area (Å²) < 4.78 is 8.62. The summed E-state index contributed by atoms with van der Waals surface area (Å²) in [5, 5.41) is 21.8. The summed E-state index contributed by atoms with van der Waals surface area (Å²) in [4.78, 5) is 19.8. The first kappa shape index (κ1) is 8.97. The second-order valence-corrected chi connectivity index (χ2v) is 1.93. The van der Waals surface area contributed by atoms with Crippen LogP contribution in [0.25, 0.3) is 0 Å². The van der Waals surface area contributed by atoms with E-state index in [0.29, 0.717) is 0 Å². The predicted molar refractivity (Wildman–Crippen MR) is 36.7 cm³/mol. The SMILES string of the molecule is COc1noc(C(=O)O)c1[N+](=O)[O-]. The van der Waals surface area contributed by atoms with Gasteiger partial charge in [0.1, 0.15) is 0 Å². The summed E-state index contributed by atoms with van der Waals surface area (Å²) >= 11 is 0. The molecule has 13 heavy (non-hydrogen) atoms. The Morgan fingerprint density at radius 2 is 2.38 bits per heavy atom. The van der Waals surface area contributed by atoms with Gasteiger partial charge < -0.3 is 14.4 Å². The van der Waals surface area contributed by atoms with Crippen molar-refractivity contribution in [2.45, 2.75) is 0 Å². The first-order valence-electron chi connectivity index (χ1n) is 2.99. The highest BCUT2D eigenvalue weighted by atomic mass is 16.6. The maximum atomic E-state index is 10.4. The minimum absolute atomic E-state index is 0.456. The fourth-order valence-corrected chi connectivity index (χ4v) is 0.706. The zero-order valence-electron chi connectivity index (χ0n) is 6.38. The molecule has 1 rings (SSSR count). The van der Waals surface area contributed by atoms with Gasteiger partial charge in [0, 0.05) is 0 Å². The van der Waals surface area contributed by atoms with Gasteiger partial charge in [-0.1, -0.05) is 0 Å². The van der Waals surface area contributed by atoms with Gasteiger partial charge in [-0.05, 0) is 5.16 Å². The molecule has 0 radical (unpaired) electrons. The lowest BCUT2D eigenvalue weighted by Crippen LogP contribution is -2.00. The molecular formula is C5H4N2O6. The number of aromatic carboxylic acids is 1. The van der Waals surface area contributed by atoms with E-state index >= 15 is 0 Å². The Balaban J connectivity index is 3.30. The second kappa shape index (κ2) is 3.09. The third kappa shape index (κ3) is 1.41. The minimum atomic E-state index is -1.57. The van der Waals surface area contributed by atoms with E-state index in [1.165, 1.54) is 0 Å². The number of aromatic nitrogens is 1. The predicted octanol–water partition coefficient (Wildman–Crippen LogP) is 0.290. The number of carboxylic acid groups (broad SMARTS) is 1. The van der Waals surface area contributed by atoms with Crippen molar-refractivity contribution < 1.29 is 24.1 Å². The number of nitrogens with zero attached hydrogens (tertiary/aromatic N) is 2. The van der Waals surface area contributed by atoms with Gasteiger partial charge in [0.2, 0.25) is 0 Å². The van der Waals surface area contributed by atoms with Crippen molar-refractivity contribution in [3.63, 3.8) is 0 Å². The number of methoxy groups -OCH3 is 1. The summed E-state index contributed by atoms with van der Waals surface area (Å²) in [6, 6.07) is 0. The highest BCUT2D eigenvalue weighted by Crippen LogP contribution is 2.29. The standard InChI is InChI=1S/C5H4N2O6/c1-12-4-2(7(10)11)3(5(8)9)13-6-4/h1H3,(H,8,9). The molecule has 0 aliphatic carbocycles. The molecule has 0 saturated carbocycles. The van der Waals surface area contributed by atoms with Crippen LogP contribution in [0.3, 0.4) is 0 Å². The van der Waals surface area contributed by atoms with Crippen molar-refractivity contribution in [2.24, 2.45) is 0 Å². The van der Waals surface area contributed by atoms with Gasteiger partial charge in [-0.25, -0.2) is 4.79 Å². The molecule has 0 aliphatic heterocycles. The van der Waals surface area contributed by atoms with E-state index in [1.54, 1.807) is 0 Å². The second-order valence-electron chi connectivity index (χ2n) is 1.93. The third-order valence-corrected chi connectivity index (χ3v) is 1.21. The fraction of sp³-hybridized carbons (Fsp3) is 0.200. The summed E-state index contributed by atoms with van der Waals surface area (Å²) in [6.45, 7) is 0. The average Bonchev–Trinajstić information content (AvgIpc) is 2.46. The molecule has 1 heterocycles. The molecule has 0 bridgehead atoms. The molecule has 1 aromatic rings. The lowest BCUT2D eigenvalue weighted by atomic mass is 10.4. The van der Waals surface area contributed by atoms with Crippen molar-refractivity contribution in [3.05, 3.63) is 15.9 Å². The van der Waals surface area contributed by atoms with Gasteiger partial charge in [-0.15, -0.1) is 0 Å². The summed E-state index contributed by atoms with van der Waals surface area (Å²) in [7, 11) is 1.12. The van der Waals surface area contributed by atoms with Gasteiger partial charge in [-0.2, -0.15) is 0 Å². The quantitative estimate of drug-likeness (QED) is 0.535. The first-order chi connectivity index (χ1) is 6.07. The molecule has 1 N–H and O–H groups in total. The molecule has 0 spiro atoms. The van der Waals surface area contributed by atoms with Crippen molar-refractivity contribution in [1.82, 2.24) is 5.16 Å². The van der Waals surface area contributed by atoms with Crippen LogP contribution in [0.15, 0.2) is 4.52 Å². The highest BCUT2D eigenvalue weighted by molar-refractivity contribution is 5.89. The molecule has 8 nitrogen and oxygen atoms in total. The number of hydrogen-bond acceptors (Lipinski definition) is 6. The summed E-state index contributed by atoms with van der Waals surface area (Å²) in [5.74, 6) is -2.87. The summed E-state index contributed by atoms with van der Waals surface area (Å²) in [6.07, 6.45) is 0. The van der Waals surface area contributed by atoms with E-state index in [0.717, 1.165) is 7.11 Å². The van der Waals surface area contributed by atoms with Gasteiger partial charge in [0.25, 0.3) is 0 Å². The fourth-order valence-electron chi connectivity index (χ4n) is 0.706. The number of nitro groups is 1. The van der Waals surface area contributed by atoms with E-state index in [4.69, 9.17) is 5.11 Å². The molecule has 0 amide bonds. The molecule has 0 unspecified atom stereocenters. The molecule has 8 heteroatoms. The van der Waals surface area contributed by atoms with E-state index in [2.05, 4.69) is 14.4 Å². The maximum Gasteiger partial charge on any atom is 0.386 e.